The van der Waals surface area contributed by atoms with Crippen molar-refractivity contribution < 1.29 is 9.90 Å². The number of nitrogens with zero attached hydrogens (tertiary/aromatic N) is 2. The summed E-state index contributed by atoms with van der Waals surface area (Å²) in [4.78, 5) is 11.3. The van der Waals surface area contributed by atoms with Crippen molar-refractivity contribution in [2.75, 3.05) is 6.54 Å². The second-order valence-corrected chi connectivity index (χ2v) is 2.75. The van der Waals surface area contributed by atoms with Crippen molar-refractivity contribution in [2.24, 2.45) is 0 Å². The van der Waals surface area contributed by atoms with Crippen molar-refractivity contribution in [2.45, 2.75) is 19.9 Å². The van der Waals surface area contributed by atoms with Crippen molar-refractivity contribution in [3.05, 3.63) is 12.4 Å². The molecule has 1 rings (SSSR count). The maximum absolute atomic E-state index is 11.3. The van der Waals surface area contributed by atoms with Crippen molar-refractivity contribution in [1.29, 1.82) is 0 Å². The molecule has 0 saturated heterocycles. The minimum Gasteiger partial charge on any atom is -0.505 e. The average Bonchev–Trinajstić information content (AvgIpc) is 2.51. The lowest BCUT2D eigenvalue weighted by Gasteiger charge is -2.10. The molecule has 0 aliphatic heterocycles. The molecule has 0 bridgehead atoms. The number of carbonyl (C=O) groups excluding carboxylic acids is 1. The highest BCUT2D eigenvalue weighted by atomic mass is 16.3. The predicted octanol–water partition coefficient (Wildman–Crippen LogP) is 0.286. The first-order valence-electron chi connectivity index (χ1n) is 4.16. The van der Waals surface area contributed by atoms with E-state index in [1.807, 2.05) is 6.92 Å². The van der Waals surface area contributed by atoms with Crippen LogP contribution >= 0.6 is 0 Å². The molecule has 5 nitrogen and oxygen atoms in total. The van der Waals surface area contributed by atoms with E-state index in [9.17, 15) is 4.79 Å². The Bertz CT molecular complexity index is 295. The van der Waals surface area contributed by atoms with E-state index in [4.69, 9.17) is 5.11 Å². The van der Waals surface area contributed by atoms with Gasteiger partial charge in [-0.3, -0.25) is 9.48 Å². The van der Waals surface area contributed by atoms with Gasteiger partial charge in [0.05, 0.1) is 12.4 Å². The summed E-state index contributed by atoms with van der Waals surface area (Å²) in [7, 11) is 0. The Kier molecular flexibility index (Phi) is 2.89. The third-order valence-electron chi connectivity index (χ3n) is 1.72. The molecule has 1 unspecified atom stereocenters. The first kappa shape index (κ1) is 9.57. The summed E-state index contributed by atoms with van der Waals surface area (Å²) in [5.74, 6) is -0.0400. The molecule has 5 heteroatoms. The lowest BCUT2D eigenvalue weighted by atomic mass is 10.3. The van der Waals surface area contributed by atoms with Crippen LogP contribution in [0.25, 0.3) is 0 Å². The molecule has 1 atom stereocenters. The average molecular weight is 183 g/mol. The number of rotatable bonds is 3. The molecular formula is C8H13N3O2. The minimum atomic E-state index is -0.388. The topological polar surface area (TPSA) is 67.2 Å². The van der Waals surface area contributed by atoms with Gasteiger partial charge in [-0.15, -0.1) is 0 Å². The SMILES string of the molecule is CCNC(=O)C(C)n1cc(O)cn1. The molecule has 0 aliphatic carbocycles. The number of hydrogen-bond donors (Lipinski definition) is 2. The molecule has 0 aliphatic rings. The summed E-state index contributed by atoms with van der Waals surface area (Å²) < 4.78 is 1.42. The molecule has 1 amide bonds. The van der Waals surface area contributed by atoms with E-state index in [-0.39, 0.29) is 17.7 Å². The van der Waals surface area contributed by atoms with Crippen LogP contribution in [0.5, 0.6) is 5.75 Å². The van der Waals surface area contributed by atoms with Crippen LogP contribution in [-0.2, 0) is 4.79 Å². The monoisotopic (exact) mass is 183 g/mol. The molecule has 1 heterocycles. The fourth-order valence-corrected chi connectivity index (χ4v) is 0.982. The van der Waals surface area contributed by atoms with Gasteiger partial charge >= 0.3 is 0 Å². The van der Waals surface area contributed by atoms with E-state index >= 15 is 0 Å². The highest BCUT2D eigenvalue weighted by Crippen LogP contribution is 2.10. The van der Waals surface area contributed by atoms with E-state index < -0.39 is 0 Å². The van der Waals surface area contributed by atoms with Crippen LogP contribution in [0.4, 0.5) is 0 Å². The molecule has 13 heavy (non-hydrogen) atoms. The Morgan fingerprint density at radius 1 is 1.85 bits per heavy atom. The highest BCUT2D eigenvalue weighted by Gasteiger charge is 2.14. The van der Waals surface area contributed by atoms with Crippen LogP contribution in [0.3, 0.4) is 0 Å². The van der Waals surface area contributed by atoms with Crippen LogP contribution < -0.4 is 5.32 Å². The summed E-state index contributed by atoms with van der Waals surface area (Å²) in [5, 5.41) is 15.5. The first-order valence-corrected chi connectivity index (χ1v) is 4.16. The molecule has 1 aromatic heterocycles. The molecule has 0 aromatic carbocycles. The molecule has 72 valence electrons. The van der Waals surface area contributed by atoms with Gasteiger partial charge in [0.25, 0.3) is 0 Å². The quantitative estimate of drug-likeness (QED) is 0.707. The molecule has 2 N–H and O–H groups in total. The Morgan fingerprint density at radius 3 is 3.00 bits per heavy atom. The first-order chi connectivity index (χ1) is 6.15. The zero-order chi connectivity index (χ0) is 9.84. The lowest BCUT2D eigenvalue weighted by Crippen LogP contribution is -2.30. The second-order valence-electron chi connectivity index (χ2n) is 2.75. The van der Waals surface area contributed by atoms with Gasteiger partial charge < -0.3 is 10.4 Å². The lowest BCUT2D eigenvalue weighted by molar-refractivity contribution is -0.124. The summed E-state index contributed by atoms with van der Waals surface area (Å²) in [5.41, 5.74) is 0. The molecule has 0 saturated carbocycles. The predicted molar refractivity (Wildman–Crippen MR) is 47.3 cm³/mol. The van der Waals surface area contributed by atoms with E-state index in [0.29, 0.717) is 6.54 Å². The van der Waals surface area contributed by atoms with Gasteiger partial charge in [0.2, 0.25) is 5.91 Å². The molecule has 0 spiro atoms. The normalized spacial score (nSPS) is 12.5. The fourth-order valence-electron chi connectivity index (χ4n) is 0.982. The third kappa shape index (κ3) is 2.21. The second kappa shape index (κ2) is 3.93. The zero-order valence-corrected chi connectivity index (χ0v) is 7.69. The number of amides is 1. The minimum absolute atomic E-state index is 0.0659. The number of likely N-dealkylation sites (N-methyl/N-ethyl adjacent to an activating group) is 1. The largest absolute Gasteiger partial charge is 0.505 e. The van der Waals surface area contributed by atoms with Gasteiger partial charge in [-0.1, -0.05) is 0 Å². The van der Waals surface area contributed by atoms with Gasteiger partial charge in [-0.05, 0) is 13.8 Å². The molecule has 0 fully saturated rings. The van der Waals surface area contributed by atoms with E-state index in [0.717, 1.165) is 0 Å². The number of hydrogen-bond acceptors (Lipinski definition) is 3. The molecule has 0 radical (unpaired) electrons. The number of nitrogens with one attached hydrogen (secondary N) is 1. The third-order valence-corrected chi connectivity index (χ3v) is 1.72. The van der Waals surface area contributed by atoms with Crippen LogP contribution in [-0.4, -0.2) is 27.3 Å². The summed E-state index contributed by atoms with van der Waals surface area (Å²) in [6, 6.07) is -0.388. The van der Waals surface area contributed by atoms with Crippen LogP contribution in [0.15, 0.2) is 12.4 Å². The Balaban J connectivity index is 2.67. The van der Waals surface area contributed by atoms with Crippen LogP contribution in [0.1, 0.15) is 19.9 Å². The maximum atomic E-state index is 11.3. The summed E-state index contributed by atoms with van der Waals surface area (Å²) >= 11 is 0. The van der Waals surface area contributed by atoms with Crippen molar-refractivity contribution in [1.82, 2.24) is 15.1 Å². The highest BCUT2D eigenvalue weighted by molar-refractivity contribution is 5.79. The maximum Gasteiger partial charge on any atom is 0.244 e. The fraction of sp³-hybridized carbons (Fsp3) is 0.500. The van der Waals surface area contributed by atoms with E-state index in [2.05, 4.69) is 10.4 Å². The van der Waals surface area contributed by atoms with E-state index in [1.54, 1.807) is 6.92 Å². The van der Waals surface area contributed by atoms with E-state index in [1.165, 1.54) is 17.1 Å². The van der Waals surface area contributed by atoms with Crippen LogP contribution in [0, 0.1) is 0 Å². The van der Waals surface area contributed by atoms with Crippen molar-refractivity contribution in [3.63, 3.8) is 0 Å². The van der Waals surface area contributed by atoms with Gasteiger partial charge in [0.15, 0.2) is 5.75 Å². The van der Waals surface area contributed by atoms with Crippen LogP contribution in [0.2, 0.25) is 0 Å². The Hall–Kier alpha value is -1.52. The van der Waals surface area contributed by atoms with Gasteiger partial charge in [-0.2, -0.15) is 5.10 Å². The van der Waals surface area contributed by atoms with Crippen molar-refractivity contribution >= 4 is 5.91 Å². The summed E-state index contributed by atoms with van der Waals surface area (Å²) in [6.07, 6.45) is 2.72. The number of carbonyl (C=O) groups is 1. The van der Waals surface area contributed by atoms with Gasteiger partial charge in [0.1, 0.15) is 6.04 Å². The molecular weight excluding hydrogens is 170 g/mol. The number of aromatic hydroxyl groups is 1. The summed E-state index contributed by atoms with van der Waals surface area (Å²) in [6.45, 7) is 4.17. The van der Waals surface area contributed by atoms with Gasteiger partial charge in [-0.25, -0.2) is 0 Å². The standard InChI is InChI=1S/C8H13N3O2/c1-3-9-8(13)6(2)11-5-7(12)4-10-11/h4-6,12H,3H2,1-2H3,(H,9,13). The van der Waals surface area contributed by atoms with Gasteiger partial charge in [0, 0.05) is 6.54 Å². The Labute approximate surface area is 76.4 Å². The molecule has 1 aromatic rings. The van der Waals surface area contributed by atoms with Crippen molar-refractivity contribution in [3.8, 4) is 5.75 Å². The Morgan fingerprint density at radius 2 is 2.54 bits per heavy atom. The smallest absolute Gasteiger partial charge is 0.244 e. The number of aromatic nitrogens is 2. The zero-order valence-electron chi connectivity index (χ0n) is 7.69.